The molecule has 0 fully saturated rings. The van der Waals surface area contributed by atoms with E-state index in [0.29, 0.717) is 25.8 Å². The lowest BCUT2D eigenvalue weighted by Crippen LogP contribution is -2.44. The number of benzene rings is 1. The minimum absolute atomic E-state index is 0.0895. The summed E-state index contributed by atoms with van der Waals surface area (Å²) >= 11 is 1.43. The number of nitrogens with one attached hydrogen (secondary N) is 2. The van der Waals surface area contributed by atoms with Crippen LogP contribution < -0.4 is 10.6 Å². The highest BCUT2D eigenvalue weighted by molar-refractivity contribution is 7.05. The summed E-state index contributed by atoms with van der Waals surface area (Å²) in [6.07, 6.45) is 1.96. The molecule has 0 saturated carbocycles. The number of alkyl carbamates (subject to hydrolysis) is 1. The van der Waals surface area contributed by atoms with E-state index >= 15 is 0 Å². The minimum Gasteiger partial charge on any atom is -0.445 e. The van der Waals surface area contributed by atoms with E-state index in [2.05, 4.69) is 15.0 Å². The van der Waals surface area contributed by atoms with Crippen LogP contribution in [0.5, 0.6) is 0 Å². The molecule has 2 N–H and O–H groups in total. The fraction of sp³-hybridized carbons (Fsp3) is 0.500. The van der Waals surface area contributed by atoms with Gasteiger partial charge < -0.3 is 15.4 Å². The van der Waals surface area contributed by atoms with Gasteiger partial charge >= 0.3 is 6.09 Å². The number of aromatic nitrogens is 1. The van der Waals surface area contributed by atoms with Crippen molar-refractivity contribution in [2.75, 3.05) is 6.54 Å². The number of ether oxygens (including phenoxy) is 1. The van der Waals surface area contributed by atoms with E-state index in [0.717, 1.165) is 29.0 Å². The largest absolute Gasteiger partial charge is 0.445 e. The van der Waals surface area contributed by atoms with Crippen molar-refractivity contribution in [3.63, 3.8) is 0 Å². The molecule has 0 radical (unpaired) electrons. The van der Waals surface area contributed by atoms with E-state index < -0.39 is 29.7 Å². The third-order valence-electron chi connectivity index (χ3n) is 5.88. The lowest BCUT2D eigenvalue weighted by Gasteiger charge is -2.22. The van der Waals surface area contributed by atoms with Gasteiger partial charge in [0.2, 0.25) is 5.78 Å². The summed E-state index contributed by atoms with van der Waals surface area (Å²) in [5.41, 5.74) is 1.71. The second-order valence-electron chi connectivity index (χ2n) is 9.30. The molecule has 2 amide bonds. The number of carbonyl (C=O) groups is 4. The Balaban J connectivity index is 1.66. The molecule has 0 saturated heterocycles. The van der Waals surface area contributed by atoms with Crippen molar-refractivity contribution < 1.29 is 23.9 Å². The van der Waals surface area contributed by atoms with Crippen LogP contribution in [0.2, 0.25) is 0 Å². The van der Waals surface area contributed by atoms with Crippen molar-refractivity contribution >= 4 is 35.1 Å². The molecule has 2 atom stereocenters. The quantitative estimate of drug-likeness (QED) is 0.536. The predicted octanol–water partition coefficient (Wildman–Crippen LogP) is 3.62. The average molecular weight is 500 g/mol. The highest BCUT2D eigenvalue weighted by atomic mass is 32.1. The SMILES string of the molecule is CC(C)CC(NC(=O)OCc1ccccc1)C(=O)CC1CCc2cc(sn2)CCCNC(=O)C1=O. The van der Waals surface area contributed by atoms with Gasteiger partial charge in [-0.05, 0) is 61.2 Å². The maximum Gasteiger partial charge on any atom is 0.408 e. The van der Waals surface area contributed by atoms with E-state index in [1.165, 1.54) is 11.5 Å². The van der Waals surface area contributed by atoms with Crippen LogP contribution in [0.15, 0.2) is 36.4 Å². The number of aryl methyl sites for hydroxylation is 2. The summed E-state index contributed by atoms with van der Waals surface area (Å²) in [6.45, 7) is 4.38. The first-order valence-corrected chi connectivity index (χ1v) is 12.9. The monoisotopic (exact) mass is 499 g/mol. The van der Waals surface area contributed by atoms with Crippen molar-refractivity contribution in [3.05, 3.63) is 52.5 Å². The van der Waals surface area contributed by atoms with E-state index in [9.17, 15) is 19.2 Å². The Kier molecular flexibility index (Phi) is 9.96. The minimum atomic E-state index is -0.804. The van der Waals surface area contributed by atoms with Gasteiger partial charge in [0.05, 0.1) is 11.7 Å². The molecule has 2 aromatic rings. The third kappa shape index (κ3) is 8.58. The molecule has 9 heteroatoms. The van der Waals surface area contributed by atoms with Crippen molar-refractivity contribution in [1.29, 1.82) is 0 Å². The summed E-state index contributed by atoms with van der Waals surface area (Å²) in [7, 11) is 0. The van der Waals surface area contributed by atoms with Crippen LogP contribution in [0.25, 0.3) is 0 Å². The van der Waals surface area contributed by atoms with E-state index in [4.69, 9.17) is 4.74 Å². The number of nitrogens with zero attached hydrogens (tertiary/aromatic N) is 1. The maximum absolute atomic E-state index is 13.2. The van der Waals surface area contributed by atoms with Gasteiger partial charge in [-0.3, -0.25) is 14.4 Å². The topological polar surface area (TPSA) is 114 Å². The molecule has 188 valence electrons. The number of amides is 2. The van der Waals surface area contributed by atoms with Crippen LogP contribution >= 0.6 is 11.5 Å². The second kappa shape index (κ2) is 13.1. The highest BCUT2D eigenvalue weighted by Crippen LogP contribution is 2.21. The number of ketones is 2. The molecule has 0 aliphatic carbocycles. The van der Waals surface area contributed by atoms with Crippen LogP contribution in [0.4, 0.5) is 4.79 Å². The molecule has 2 unspecified atom stereocenters. The number of hydrogen-bond donors (Lipinski definition) is 2. The van der Waals surface area contributed by atoms with Crippen LogP contribution in [0.3, 0.4) is 0 Å². The molecule has 35 heavy (non-hydrogen) atoms. The van der Waals surface area contributed by atoms with Gasteiger partial charge in [0, 0.05) is 23.8 Å². The molecule has 0 spiro atoms. The first-order chi connectivity index (χ1) is 16.8. The average Bonchev–Trinajstić information content (AvgIpc) is 3.29. The Hall–Kier alpha value is -3.07. The van der Waals surface area contributed by atoms with Crippen molar-refractivity contribution in [1.82, 2.24) is 15.0 Å². The molecular weight excluding hydrogens is 466 g/mol. The Bertz CT molecular complexity index is 1020. The molecule has 8 nitrogen and oxygen atoms in total. The summed E-state index contributed by atoms with van der Waals surface area (Å²) in [6, 6.07) is 10.5. The smallest absolute Gasteiger partial charge is 0.408 e. The van der Waals surface area contributed by atoms with Crippen LogP contribution in [0.1, 0.15) is 55.7 Å². The first kappa shape index (κ1) is 26.5. The number of Topliss-reactive ketones (excluding diaryl/α,β-unsaturated/α-hetero) is 2. The van der Waals surface area contributed by atoms with Gasteiger partial charge in [-0.2, -0.15) is 4.37 Å². The standard InChI is InChI=1S/C26H33N3O5S/c1-17(2)13-22(28-26(33)34-16-18-7-4-3-5-8-18)23(30)14-19-10-11-20-15-21(35-29-20)9-6-12-27-25(32)24(19)31/h3-5,7-8,15,17,19,22H,6,9-14,16H2,1-2H3,(H,27,32)(H,28,33). The zero-order chi connectivity index (χ0) is 25.2. The van der Waals surface area contributed by atoms with Crippen molar-refractivity contribution in [2.24, 2.45) is 11.8 Å². The number of carbonyl (C=O) groups excluding carboxylic acids is 4. The van der Waals surface area contributed by atoms with Gasteiger partial charge in [0.1, 0.15) is 6.61 Å². The summed E-state index contributed by atoms with van der Waals surface area (Å²) in [5, 5.41) is 5.34. The summed E-state index contributed by atoms with van der Waals surface area (Å²) < 4.78 is 9.73. The van der Waals surface area contributed by atoms with Crippen LogP contribution in [-0.4, -0.2) is 40.5 Å². The first-order valence-electron chi connectivity index (χ1n) is 12.1. The molecule has 2 bridgehead atoms. The van der Waals surface area contributed by atoms with Gasteiger partial charge in [0.25, 0.3) is 5.91 Å². The second-order valence-corrected chi connectivity index (χ2v) is 10.2. The van der Waals surface area contributed by atoms with Crippen molar-refractivity contribution in [3.8, 4) is 0 Å². The lowest BCUT2D eigenvalue weighted by molar-refractivity contribution is -0.141. The fourth-order valence-corrected chi connectivity index (χ4v) is 4.81. The lowest BCUT2D eigenvalue weighted by atomic mass is 9.87. The third-order valence-corrected chi connectivity index (χ3v) is 6.77. The normalized spacial score (nSPS) is 17.6. The van der Waals surface area contributed by atoms with E-state index in [1.807, 2.05) is 50.2 Å². The van der Waals surface area contributed by atoms with Crippen molar-refractivity contribution in [2.45, 2.75) is 65.0 Å². The Morgan fingerprint density at radius 2 is 1.97 bits per heavy atom. The van der Waals surface area contributed by atoms with Gasteiger partial charge in [-0.1, -0.05) is 44.2 Å². The zero-order valence-corrected chi connectivity index (χ0v) is 21.1. The summed E-state index contributed by atoms with van der Waals surface area (Å²) in [5.74, 6) is -2.18. The molecule has 1 aromatic heterocycles. The van der Waals surface area contributed by atoms with Gasteiger partial charge in [-0.15, -0.1) is 0 Å². The van der Waals surface area contributed by atoms with Gasteiger partial charge in [-0.25, -0.2) is 4.79 Å². The van der Waals surface area contributed by atoms with E-state index in [1.54, 1.807) is 0 Å². The molecule has 1 aliphatic heterocycles. The number of rotatable bonds is 8. The number of hydrogen-bond acceptors (Lipinski definition) is 7. The number of fused-ring (bicyclic) bond motifs is 2. The molecule has 1 aliphatic rings. The Morgan fingerprint density at radius 3 is 2.71 bits per heavy atom. The maximum atomic E-state index is 13.2. The predicted molar refractivity (Wildman–Crippen MR) is 133 cm³/mol. The molecular formula is C26H33N3O5S. The molecule has 1 aromatic carbocycles. The highest BCUT2D eigenvalue weighted by Gasteiger charge is 2.31. The van der Waals surface area contributed by atoms with E-state index in [-0.39, 0.29) is 24.7 Å². The fourth-order valence-electron chi connectivity index (χ4n) is 4.01. The Morgan fingerprint density at radius 1 is 1.20 bits per heavy atom. The zero-order valence-electron chi connectivity index (χ0n) is 20.2. The van der Waals surface area contributed by atoms with Gasteiger partial charge in [0.15, 0.2) is 5.78 Å². The summed E-state index contributed by atoms with van der Waals surface area (Å²) in [4.78, 5) is 52.1. The van der Waals surface area contributed by atoms with Crippen LogP contribution in [-0.2, 0) is 38.6 Å². The molecule has 2 heterocycles. The van der Waals surface area contributed by atoms with Crippen LogP contribution in [0, 0.1) is 11.8 Å². The Labute approximate surface area is 210 Å². The molecule has 3 rings (SSSR count).